The van der Waals surface area contributed by atoms with E-state index in [1.807, 2.05) is 25.2 Å². The van der Waals surface area contributed by atoms with Crippen LogP contribution in [0.4, 0.5) is 0 Å². The molecule has 0 amide bonds. The summed E-state index contributed by atoms with van der Waals surface area (Å²) in [5.74, 6) is 0.883. The fourth-order valence-corrected chi connectivity index (χ4v) is 2.77. The second-order valence-corrected chi connectivity index (χ2v) is 5.19. The Balaban J connectivity index is 0.00000180. The van der Waals surface area contributed by atoms with Crippen LogP contribution in [-0.2, 0) is 6.54 Å². The van der Waals surface area contributed by atoms with Crippen LogP contribution in [0, 0.1) is 0 Å². The predicted molar refractivity (Wildman–Crippen MR) is 82.6 cm³/mol. The number of rotatable bonds is 4. The lowest BCUT2D eigenvalue weighted by Gasteiger charge is -2.33. The first-order valence-corrected chi connectivity index (χ1v) is 6.83. The summed E-state index contributed by atoms with van der Waals surface area (Å²) >= 11 is 6.28. The van der Waals surface area contributed by atoms with Crippen LogP contribution in [0.1, 0.15) is 18.4 Å². The van der Waals surface area contributed by atoms with E-state index in [9.17, 15) is 0 Å². The van der Waals surface area contributed by atoms with E-state index in [1.165, 1.54) is 12.8 Å². The van der Waals surface area contributed by atoms with Gasteiger partial charge in [0.15, 0.2) is 0 Å². The third-order valence-corrected chi connectivity index (χ3v) is 3.95. The summed E-state index contributed by atoms with van der Waals surface area (Å²) in [4.78, 5) is 2.44. The maximum absolute atomic E-state index is 6.28. The summed E-state index contributed by atoms with van der Waals surface area (Å²) in [6.07, 6.45) is 2.49. The van der Waals surface area contributed by atoms with Gasteiger partial charge in [-0.1, -0.05) is 17.7 Å². The summed E-state index contributed by atoms with van der Waals surface area (Å²) in [6.45, 7) is 3.07. The number of hydrogen-bond acceptors (Lipinski definition) is 3. The Labute approximate surface area is 126 Å². The summed E-state index contributed by atoms with van der Waals surface area (Å²) in [5.41, 5.74) is 1.10. The van der Waals surface area contributed by atoms with Gasteiger partial charge in [-0.25, -0.2) is 0 Å². The third-order valence-electron chi connectivity index (χ3n) is 3.59. The Morgan fingerprint density at radius 1 is 1.47 bits per heavy atom. The van der Waals surface area contributed by atoms with Crippen molar-refractivity contribution in [1.82, 2.24) is 10.2 Å². The molecule has 3 nitrogen and oxygen atoms in total. The maximum Gasteiger partial charge on any atom is 0.124 e. The van der Waals surface area contributed by atoms with Gasteiger partial charge in [0.05, 0.1) is 7.11 Å². The van der Waals surface area contributed by atoms with Gasteiger partial charge in [-0.05, 0) is 38.6 Å². The van der Waals surface area contributed by atoms with E-state index in [-0.39, 0.29) is 12.4 Å². The molecule has 1 aliphatic heterocycles. The van der Waals surface area contributed by atoms with Crippen molar-refractivity contribution in [1.29, 1.82) is 0 Å². The van der Waals surface area contributed by atoms with E-state index in [0.29, 0.717) is 6.04 Å². The van der Waals surface area contributed by atoms with Gasteiger partial charge >= 0.3 is 0 Å². The van der Waals surface area contributed by atoms with Crippen LogP contribution in [0.5, 0.6) is 5.75 Å². The standard InChI is InChI=1S/C14H21ClN2O.ClH/c1-16-11-5-4-8-17(9-11)10-12-13(15)6-3-7-14(12)18-2;/h3,6-7,11,16H,4-5,8-10H2,1-2H3;1H. The maximum atomic E-state index is 6.28. The van der Waals surface area contributed by atoms with Gasteiger partial charge in [0.2, 0.25) is 0 Å². The SMILES string of the molecule is CNC1CCCN(Cc2c(Cl)cccc2OC)C1.Cl. The van der Waals surface area contributed by atoms with Crippen LogP contribution in [0.2, 0.25) is 5.02 Å². The van der Waals surface area contributed by atoms with Gasteiger partial charge in [-0.3, -0.25) is 4.90 Å². The third kappa shape index (κ3) is 4.25. The number of benzene rings is 1. The zero-order valence-corrected chi connectivity index (χ0v) is 13.1. The second-order valence-electron chi connectivity index (χ2n) is 4.78. The van der Waals surface area contributed by atoms with Gasteiger partial charge in [-0.2, -0.15) is 0 Å². The highest BCUT2D eigenvalue weighted by Crippen LogP contribution is 2.28. The van der Waals surface area contributed by atoms with Crippen LogP contribution >= 0.6 is 24.0 Å². The average Bonchev–Trinajstić information content (AvgIpc) is 2.41. The molecule has 19 heavy (non-hydrogen) atoms. The first-order valence-electron chi connectivity index (χ1n) is 6.45. The Morgan fingerprint density at radius 2 is 2.26 bits per heavy atom. The fraction of sp³-hybridized carbons (Fsp3) is 0.571. The Hall–Kier alpha value is -0.480. The lowest BCUT2D eigenvalue weighted by Crippen LogP contribution is -2.43. The predicted octanol–water partition coefficient (Wildman–Crippen LogP) is 2.95. The van der Waals surface area contributed by atoms with Crippen molar-refractivity contribution >= 4 is 24.0 Å². The summed E-state index contributed by atoms with van der Waals surface area (Å²) in [6, 6.07) is 6.42. The van der Waals surface area contributed by atoms with E-state index in [4.69, 9.17) is 16.3 Å². The number of methoxy groups -OCH3 is 1. The summed E-state index contributed by atoms with van der Waals surface area (Å²) < 4.78 is 5.39. The average molecular weight is 305 g/mol. The Morgan fingerprint density at radius 3 is 2.95 bits per heavy atom. The van der Waals surface area contributed by atoms with Gasteiger partial charge in [0, 0.05) is 29.7 Å². The molecule has 1 atom stereocenters. The molecule has 1 aromatic carbocycles. The van der Waals surface area contributed by atoms with Crippen LogP contribution in [0.15, 0.2) is 18.2 Å². The molecule has 5 heteroatoms. The molecule has 1 fully saturated rings. The molecule has 1 aromatic rings. The molecule has 0 bridgehead atoms. The summed E-state index contributed by atoms with van der Waals surface area (Å²) in [7, 11) is 3.73. The number of ether oxygens (including phenoxy) is 1. The van der Waals surface area contributed by atoms with Gasteiger partial charge in [0.25, 0.3) is 0 Å². The highest BCUT2D eigenvalue weighted by atomic mass is 35.5. The molecule has 1 saturated heterocycles. The summed E-state index contributed by atoms with van der Waals surface area (Å²) in [5, 5.41) is 4.15. The molecule has 0 saturated carbocycles. The Bertz CT molecular complexity index is 401. The van der Waals surface area contributed by atoms with Gasteiger partial charge in [0.1, 0.15) is 5.75 Å². The molecule has 1 heterocycles. The second kappa shape index (κ2) is 7.95. The van der Waals surface area contributed by atoms with Crippen molar-refractivity contribution in [2.24, 2.45) is 0 Å². The Kier molecular flexibility index (Phi) is 6.94. The monoisotopic (exact) mass is 304 g/mol. The van der Waals surface area contributed by atoms with Crippen molar-refractivity contribution in [2.45, 2.75) is 25.4 Å². The molecule has 1 N–H and O–H groups in total. The number of nitrogens with one attached hydrogen (secondary N) is 1. The molecular formula is C14H22Cl2N2O. The molecule has 0 radical (unpaired) electrons. The van der Waals surface area contributed by atoms with Crippen LogP contribution < -0.4 is 10.1 Å². The topological polar surface area (TPSA) is 24.5 Å². The lowest BCUT2D eigenvalue weighted by atomic mass is 10.0. The molecule has 1 aliphatic rings. The van der Waals surface area contributed by atoms with Crippen LogP contribution in [0.3, 0.4) is 0 Å². The fourth-order valence-electron chi connectivity index (χ4n) is 2.54. The molecule has 2 rings (SSSR count). The van der Waals surface area contributed by atoms with Crippen molar-refractivity contribution in [3.63, 3.8) is 0 Å². The first-order chi connectivity index (χ1) is 8.74. The molecule has 0 aromatic heterocycles. The number of likely N-dealkylation sites (N-methyl/N-ethyl adjacent to an activating group) is 1. The lowest BCUT2D eigenvalue weighted by molar-refractivity contribution is 0.186. The minimum atomic E-state index is 0. The zero-order valence-electron chi connectivity index (χ0n) is 11.5. The number of likely N-dealkylation sites (tertiary alicyclic amines) is 1. The number of hydrogen-bond donors (Lipinski definition) is 1. The van der Waals surface area contributed by atoms with Crippen molar-refractivity contribution in [3.05, 3.63) is 28.8 Å². The number of piperidine rings is 1. The van der Waals surface area contributed by atoms with Crippen LogP contribution in [0.25, 0.3) is 0 Å². The van der Waals surface area contributed by atoms with E-state index < -0.39 is 0 Å². The van der Waals surface area contributed by atoms with Crippen molar-refractivity contribution in [3.8, 4) is 5.75 Å². The van der Waals surface area contributed by atoms with E-state index in [1.54, 1.807) is 7.11 Å². The first kappa shape index (κ1) is 16.6. The molecule has 0 aliphatic carbocycles. The molecule has 108 valence electrons. The van der Waals surface area contributed by atoms with Gasteiger partial charge in [-0.15, -0.1) is 12.4 Å². The number of halogens is 2. The highest BCUT2D eigenvalue weighted by molar-refractivity contribution is 6.31. The van der Waals surface area contributed by atoms with Crippen molar-refractivity contribution in [2.75, 3.05) is 27.2 Å². The van der Waals surface area contributed by atoms with Crippen molar-refractivity contribution < 1.29 is 4.74 Å². The zero-order chi connectivity index (χ0) is 13.0. The molecule has 1 unspecified atom stereocenters. The quantitative estimate of drug-likeness (QED) is 0.925. The minimum Gasteiger partial charge on any atom is -0.496 e. The normalized spacial score (nSPS) is 19.8. The van der Waals surface area contributed by atoms with E-state index >= 15 is 0 Å². The largest absolute Gasteiger partial charge is 0.496 e. The number of nitrogens with zero attached hydrogens (tertiary/aromatic N) is 1. The minimum absolute atomic E-state index is 0. The highest BCUT2D eigenvalue weighted by Gasteiger charge is 2.20. The van der Waals surface area contributed by atoms with E-state index in [0.717, 1.165) is 36.0 Å². The van der Waals surface area contributed by atoms with Gasteiger partial charge < -0.3 is 10.1 Å². The smallest absolute Gasteiger partial charge is 0.124 e. The van der Waals surface area contributed by atoms with Crippen LogP contribution in [-0.4, -0.2) is 38.2 Å². The molecular weight excluding hydrogens is 283 g/mol. The molecule has 0 spiro atoms. The van der Waals surface area contributed by atoms with E-state index in [2.05, 4.69) is 10.2 Å².